The largest absolute Gasteiger partial charge is 0.360 e. The van der Waals surface area contributed by atoms with Crippen molar-refractivity contribution in [1.29, 1.82) is 0 Å². The van der Waals surface area contributed by atoms with Crippen LogP contribution in [0.5, 0.6) is 0 Å². The molecule has 0 unspecified atom stereocenters. The predicted molar refractivity (Wildman–Crippen MR) is 124 cm³/mol. The molecule has 1 fully saturated rings. The normalized spacial score (nSPS) is 15.2. The zero-order valence-corrected chi connectivity index (χ0v) is 19.9. The number of carbonyl (C=O) groups is 2. The maximum absolute atomic E-state index is 13.2. The van der Waals surface area contributed by atoms with Crippen molar-refractivity contribution in [3.05, 3.63) is 35.6 Å². The second kappa shape index (κ2) is 11.0. The van der Waals surface area contributed by atoms with Gasteiger partial charge in [-0.05, 0) is 44.4 Å². The molecule has 2 aromatic rings. The maximum Gasteiger partial charge on any atom is 0.243 e. The summed E-state index contributed by atoms with van der Waals surface area (Å²) in [6.07, 6.45) is 3.79. The van der Waals surface area contributed by atoms with E-state index in [2.05, 4.69) is 15.8 Å². The summed E-state index contributed by atoms with van der Waals surface area (Å²) in [6, 6.07) is 6.49. The average Bonchev–Trinajstić information content (AvgIpc) is 2.97. The molecule has 0 aliphatic carbocycles. The fourth-order valence-electron chi connectivity index (χ4n) is 3.41. The van der Waals surface area contributed by atoms with Gasteiger partial charge in [0.15, 0.2) is 5.82 Å². The standard InChI is InChI=1S/C21H28N4O5S2/c1-15-7-8-17(12-18(15)32(28,29)25-9-5-3-4-6-10-25)22-20(26)13-31-14-21(27)23-19-11-16(2)30-24-19/h7-8,11-12H,3-6,9-10,13-14H2,1-2H3,(H,22,26)(H,23,24,27). The van der Waals surface area contributed by atoms with Crippen LogP contribution < -0.4 is 10.6 Å². The molecule has 2 N–H and O–H groups in total. The summed E-state index contributed by atoms with van der Waals surface area (Å²) >= 11 is 1.14. The highest BCUT2D eigenvalue weighted by atomic mass is 32.2. The molecule has 0 saturated carbocycles. The number of aromatic nitrogens is 1. The first-order valence-corrected chi connectivity index (χ1v) is 13.1. The third kappa shape index (κ3) is 6.57. The summed E-state index contributed by atoms with van der Waals surface area (Å²) in [6.45, 7) is 4.51. The minimum Gasteiger partial charge on any atom is -0.360 e. The van der Waals surface area contributed by atoms with Crippen LogP contribution in [-0.2, 0) is 19.6 Å². The van der Waals surface area contributed by atoms with Crippen LogP contribution in [0, 0.1) is 13.8 Å². The Bertz CT molecular complexity index is 1060. The van der Waals surface area contributed by atoms with Crippen LogP contribution in [0.25, 0.3) is 0 Å². The van der Waals surface area contributed by atoms with Gasteiger partial charge in [-0.25, -0.2) is 8.42 Å². The van der Waals surface area contributed by atoms with Gasteiger partial charge in [-0.1, -0.05) is 24.1 Å². The quantitative estimate of drug-likeness (QED) is 0.595. The highest BCUT2D eigenvalue weighted by Crippen LogP contribution is 2.26. The van der Waals surface area contributed by atoms with Gasteiger partial charge < -0.3 is 15.2 Å². The second-order valence-electron chi connectivity index (χ2n) is 7.71. The molecule has 2 amide bonds. The lowest BCUT2D eigenvalue weighted by molar-refractivity contribution is -0.114. The summed E-state index contributed by atoms with van der Waals surface area (Å²) in [5.41, 5.74) is 1.05. The van der Waals surface area contributed by atoms with E-state index in [1.54, 1.807) is 36.4 Å². The number of aryl methyl sites for hydroxylation is 2. The molecule has 32 heavy (non-hydrogen) atoms. The molecule has 1 saturated heterocycles. The molecule has 0 atom stereocenters. The van der Waals surface area contributed by atoms with Crippen molar-refractivity contribution in [2.45, 2.75) is 44.4 Å². The molecule has 3 rings (SSSR count). The van der Waals surface area contributed by atoms with E-state index < -0.39 is 10.0 Å². The van der Waals surface area contributed by atoms with E-state index in [9.17, 15) is 18.0 Å². The van der Waals surface area contributed by atoms with E-state index >= 15 is 0 Å². The van der Waals surface area contributed by atoms with Gasteiger partial charge in [0.1, 0.15) is 5.76 Å². The number of sulfonamides is 1. The first-order chi connectivity index (χ1) is 15.3. The third-order valence-corrected chi connectivity index (χ3v) is 7.99. The Kier molecular flexibility index (Phi) is 8.32. The van der Waals surface area contributed by atoms with Gasteiger partial charge in [0, 0.05) is 24.8 Å². The number of nitrogens with zero attached hydrogens (tertiary/aromatic N) is 2. The van der Waals surface area contributed by atoms with Crippen LogP contribution >= 0.6 is 11.8 Å². The Morgan fingerprint density at radius 2 is 1.69 bits per heavy atom. The van der Waals surface area contributed by atoms with Gasteiger partial charge >= 0.3 is 0 Å². The minimum atomic E-state index is -3.62. The predicted octanol–water partition coefficient (Wildman–Crippen LogP) is 3.17. The Hall–Kier alpha value is -2.37. The number of hydrogen-bond acceptors (Lipinski definition) is 7. The first-order valence-electron chi connectivity index (χ1n) is 10.5. The van der Waals surface area contributed by atoms with Gasteiger partial charge in [0.2, 0.25) is 21.8 Å². The van der Waals surface area contributed by atoms with E-state index in [-0.39, 0.29) is 28.2 Å². The number of rotatable bonds is 8. The molecule has 1 aromatic heterocycles. The maximum atomic E-state index is 13.2. The molecular formula is C21H28N4O5S2. The number of thioether (sulfide) groups is 1. The summed E-state index contributed by atoms with van der Waals surface area (Å²) in [5.74, 6) is 0.423. The Labute approximate surface area is 192 Å². The van der Waals surface area contributed by atoms with Crippen LogP contribution in [0.1, 0.15) is 37.0 Å². The monoisotopic (exact) mass is 480 g/mol. The number of hydrogen-bond donors (Lipinski definition) is 2. The van der Waals surface area contributed by atoms with Crippen molar-refractivity contribution in [3.63, 3.8) is 0 Å². The highest BCUT2D eigenvalue weighted by Gasteiger charge is 2.27. The van der Waals surface area contributed by atoms with E-state index in [0.29, 0.717) is 35.9 Å². The molecule has 1 aliphatic heterocycles. The van der Waals surface area contributed by atoms with Crippen LogP contribution in [0.2, 0.25) is 0 Å². The summed E-state index contributed by atoms with van der Waals surface area (Å²) in [7, 11) is -3.62. The van der Waals surface area contributed by atoms with Crippen LogP contribution in [0.4, 0.5) is 11.5 Å². The number of nitrogens with one attached hydrogen (secondary N) is 2. The molecule has 11 heteroatoms. The van der Waals surface area contributed by atoms with Crippen molar-refractivity contribution in [1.82, 2.24) is 9.46 Å². The molecular weight excluding hydrogens is 452 g/mol. The fourth-order valence-corrected chi connectivity index (χ4v) is 5.80. The van der Waals surface area contributed by atoms with Crippen molar-refractivity contribution in [3.8, 4) is 0 Å². The van der Waals surface area contributed by atoms with E-state index in [1.165, 1.54) is 6.07 Å². The lowest BCUT2D eigenvalue weighted by Gasteiger charge is -2.21. The number of anilines is 2. The number of amides is 2. The van der Waals surface area contributed by atoms with Gasteiger partial charge in [0.25, 0.3) is 0 Å². The van der Waals surface area contributed by atoms with Crippen molar-refractivity contribution >= 4 is 45.1 Å². The van der Waals surface area contributed by atoms with Gasteiger partial charge in [0.05, 0.1) is 16.4 Å². The molecule has 2 heterocycles. The van der Waals surface area contributed by atoms with Crippen molar-refractivity contribution in [2.24, 2.45) is 0 Å². The molecule has 9 nitrogen and oxygen atoms in total. The van der Waals surface area contributed by atoms with Crippen molar-refractivity contribution < 1.29 is 22.5 Å². The Morgan fingerprint density at radius 3 is 2.31 bits per heavy atom. The van der Waals surface area contributed by atoms with Crippen LogP contribution in [0.15, 0.2) is 33.7 Å². The minimum absolute atomic E-state index is 0.0490. The molecule has 0 spiro atoms. The topological polar surface area (TPSA) is 122 Å². The van der Waals surface area contributed by atoms with Crippen molar-refractivity contribution in [2.75, 3.05) is 35.2 Å². The highest BCUT2D eigenvalue weighted by molar-refractivity contribution is 8.00. The molecule has 174 valence electrons. The Balaban J connectivity index is 1.55. The fraction of sp³-hybridized carbons (Fsp3) is 0.476. The second-order valence-corrected chi connectivity index (χ2v) is 10.6. The lowest BCUT2D eigenvalue weighted by atomic mass is 10.2. The number of benzene rings is 1. The lowest BCUT2D eigenvalue weighted by Crippen LogP contribution is -2.32. The zero-order chi connectivity index (χ0) is 23.1. The number of carbonyl (C=O) groups excluding carboxylic acids is 2. The average molecular weight is 481 g/mol. The van der Waals surface area contributed by atoms with E-state index in [0.717, 1.165) is 37.4 Å². The van der Waals surface area contributed by atoms with E-state index in [1.807, 2.05) is 0 Å². The summed E-state index contributed by atoms with van der Waals surface area (Å²) in [5, 5.41) is 8.99. The van der Waals surface area contributed by atoms with E-state index in [4.69, 9.17) is 4.52 Å². The third-order valence-electron chi connectivity index (χ3n) is 5.02. The SMILES string of the molecule is Cc1cc(NC(=O)CSCC(=O)Nc2ccc(C)c(S(=O)(=O)N3CCCCCC3)c2)no1. The van der Waals surface area contributed by atoms with Gasteiger partial charge in [-0.3, -0.25) is 9.59 Å². The molecule has 1 aromatic carbocycles. The van der Waals surface area contributed by atoms with Gasteiger partial charge in [-0.15, -0.1) is 11.8 Å². The smallest absolute Gasteiger partial charge is 0.243 e. The summed E-state index contributed by atoms with van der Waals surface area (Å²) in [4.78, 5) is 24.4. The first kappa shape index (κ1) is 24.3. The molecule has 0 bridgehead atoms. The molecule has 1 aliphatic rings. The Morgan fingerprint density at radius 1 is 1.03 bits per heavy atom. The zero-order valence-electron chi connectivity index (χ0n) is 18.2. The van der Waals surface area contributed by atoms with Crippen LogP contribution in [-0.4, -0.2) is 54.3 Å². The summed E-state index contributed by atoms with van der Waals surface area (Å²) < 4.78 is 32.7. The van der Waals surface area contributed by atoms with Gasteiger partial charge in [-0.2, -0.15) is 4.31 Å². The van der Waals surface area contributed by atoms with Crippen LogP contribution in [0.3, 0.4) is 0 Å². The molecule has 0 radical (unpaired) electrons.